The fourth-order valence-corrected chi connectivity index (χ4v) is 5.78. The number of sulfonamides is 1. The maximum atomic E-state index is 14.0. The zero-order valence-corrected chi connectivity index (χ0v) is 24.5. The van der Waals surface area contributed by atoms with Crippen LogP contribution in [0.1, 0.15) is 38.7 Å². The maximum absolute atomic E-state index is 14.0. The number of hydrogen-bond acceptors (Lipinski definition) is 6. The van der Waals surface area contributed by atoms with E-state index < -0.39 is 33.4 Å². The summed E-state index contributed by atoms with van der Waals surface area (Å²) in [5.41, 5.74) is 0.307. The Morgan fingerprint density at radius 2 is 1.68 bits per heavy atom. The molecular weight excluding hydrogens is 568 g/mol. The smallest absolute Gasteiger partial charge is 0.271 e. The summed E-state index contributed by atoms with van der Waals surface area (Å²) in [5, 5.41) is 14.8. The summed E-state index contributed by atoms with van der Waals surface area (Å²) in [4.78, 5) is 39.3. The van der Waals surface area contributed by atoms with Crippen LogP contribution >= 0.6 is 11.6 Å². The highest BCUT2D eigenvalue weighted by atomic mass is 35.5. The molecule has 0 spiro atoms. The lowest BCUT2D eigenvalue weighted by Gasteiger charge is -2.33. The molecule has 41 heavy (non-hydrogen) atoms. The molecule has 0 fully saturated rings. The van der Waals surface area contributed by atoms with Crippen LogP contribution in [0, 0.1) is 10.1 Å². The van der Waals surface area contributed by atoms with Crippen molar-refractivity contribution in [1.82, 2.24) is 10.2 Å². The minimum Gasteiger partial charge on any atom is -0.354 e. The molecule has 12 heteroatoms. The second-order valence-corrected chi connectivity index (χ2v) is 11.6. The van der Waals surface area contributed by atoms with Crippen molar-refractivity contribution >= 4 is 44.8 Å². The normalized spacial score (nSPS) is 11.9. The van der Waals surface area contributed by atoms with Crippen LogP contribution in [0.4, 0.5) is 11.4 Å². The van der Waals surface area contributed by atoms with Gasteiger partial charge in [-0.2, -0.15) is 0 Å². The number of non-ortho nitro benzene ring substituents is 1. The third-order valence-electron chi connectivity index (χ3n) is 6.42. The van der Waals surface area contributed by atoms with Gasteiger partial charge in [0.05, 0.1) is 15.5 Å². The lowest BCUT2D eigenvalue weighted by atomic mass is 10.1. The van der Waals surface area contributed by atoms with Gasteiger partial charge in [0.25, 0.3) is 15.7 Å². The van der Waals surface area contributed by atoms with Crippen molar-refractivity contribution in [1.29, 1.82) is 0 Å². The van der Waals surface area contributed by atoms with Gasteiger partial charge in [-0.05, 0) is 48.7 Å². The molecule has 0 saturated heterocycles. The van der Waals surface area contributed by atoms with E-state index in [1.807, 2.05) is 6.92 Å². The van der Waals surface area contributed by atoms with Gasteiger partial charge in [0.15, 0.2) is 0 Å². The predicted molar refractivity (Wildman–Crippen MR) is 158 cm³/mol. The van der Waals surface area contributed by atoms with Crippen LogP contribution < -0.4 is 9.62 Å². The molecule has 0 aliphatic heterocycles. The molecule has 2 amide bonds. The highest BCUT2D eigenvalue weighted by Crippen LogP contribution is 2.28. The molecular formula is C29H33ClN4O6S. The molecule has 0 aliphatic rings. The summed E-state index contributed by atoms with van der Waals surface area (Å²) in [6.45, 7) is 3.53. The number of nitrogens with one attached hydrogen (secondary N) is 1. The molecule has 0 radical (unpaired) electrons. The SMILES string of the molecule is CCCCNC(=O)[C@H](CC)N(Cc1ccc(Cl)cc1)C(=O)CN(c1cccc([N+](=O)[O-])c1)S(=O)(=O)c1ccccc1. The first kappa shape index (κ1) is 31.6. The Morgan fingerprint density at radius 3 is 2.29 bits per heavy atom. The topological polar surface area (TPSA) is 130 Å². The summed E-state index contributed by atoms with van der Waals surface area (Å²) in [7, 11) is -4.33. The van der Waals surface area contributed by atoms with E-state index in [-0.39, 0.29) is 35.1 Å². The molecule has 0 saturated carbocycles. The van der Waals surface area contributed by atoms with Crippen molar-refractivity contribution < 1.29 is 22.9 Å². The second-order valence-electron chi connectivity index (χ2n) is 9.32. The van der Waals surface area contributed by atoms with E-state index in [0.29, 0.717) is 17.1 Å². The van der Waals surface area contributed by atoms with Crippen LogP contribution in [-0.4, -0.2) is 49.2 Å². The molecule has 3 rings (SSSR count). The van der Waals surface area contributed by atoms with Crippen molar-refractivity contribution in [2.75, 3.05) is 17.4 Å². The first-order valence-electron chi connectivity index (χ1n) is 13.2. The number of unbranched alkanes of at least 4 members (excludes halogenated alkanes) is 1. The summed E-state index contributed by atoms with van der Waals surface area (Å²) in [5.74, 6) is -1.00. The lowest BCUT2D eigenvalue weighted by molar-refractivity contribution is -0.384. The van der Waals surface area contributed by atoms with Crippen molar-refractivity contribution in [3.63, 3.8) is 0 Å². The van der Waals surface area contributed by atoms with Crippen molar-refractivity contribution in [2.24, 2.45) is 0 Å². The lowest BCUT2D eigenvalue weighted by Crippen LogP contribution is -2.52. The van der Waals surface area contributed by atoms with E-state index >= 15 is 0 Å². The molecule has 0 heterocycles. The van der Waals surface area contributed by atoms with Crippen LogP contribution in [0.15, 0.2) is 83.8 Å². The second kappa shape index (κ2) is 14.6. The van der Waals surface area contributed by atoms with Gasteiger partial charge in [-0.25, -0.2) is 8.42 Å². The third kappa shape index (κ3) is 8.27. The van der Waals surface area contributed by atoms with Crippen molar-refractivity contribution in [3.05, 3.63) is 99.6 Å². The summed E-state index contributed by atoms with van der Waals surface area (Å²) in [6, 6.07) is 18.5. The number of halogens is 1. The molecule has 1 atom stereocenters. The van der Waals surface area contributed by atoms with E-state index in [1.165, 1.54) is 35.2 Å². The minimum absolute atomic E-state index is 0.0177. The number of carbonyl (C=O) groups excluding carboxylic acids is 2. The number of rotatable bonds is 14. The molecule has 10 nitrogen and oxygen atoms in total. The molecule has 1 N–H and O–H groups in total. The molecule has 0 aliphatic carbocycles. The highest BCUT2D eigenvalue weighted by molar-refractivity contribution is 7.92. The zero-order valence-electron chi connectivity index (χ0n) is 22.9. The fourth-order valence-electron chi connectivity index (χ4n) is 4.22. The Bertz CT molecular complexity index is 1450. The Kier molecular flexibility index (Phi) is 11.2. The number of nitro groups is 1. The first-order chi connectivity index (χ1) is 19.6. The zero-order chi connectivity index (χ0) is 30.0. The van der Waals surface area contributed by atoms with E-state index in [4.69, 9.17) is 11.6 Å². The number of carbonyl (C=O) groups is 2. The molecule has 0 unspecified atom stereocenters. The Morgan fingerprint density at radius 1 is 1.00 bits per heavy atom. The van der Waals surface area contributed by atoms with Crippen molar-refractivity contribution in [2.45, 2.75) is 50.6 Å². The minimum atomic E-state index is -4.33. The van der Waals surface area contributed by atoms with E-state index in [1.54, 1.807) is 49.4 Å². The number of benzene rings is 3. The predicted octanol–water partition coefficient (Wildman–Crippen LogP) is 5.17. The summed E-state index contributed by atoms with van der Waals surface area (Å²) in [6.07, 6.45) is 1.92. The van der Waals surface area contributed by atoms with Gasteiger partial charge in [0.1, 0.15) is 12.6 Å². The van der Waals surface area contributed by atoms with Crippen LogP contribution in [0.2, 0.25) is 5.02 Å². The first-order valence-corrected chi connectivity index (χ1v) is 15.0. The van der Waals surface area contributed by atoms with Crippen molar-refractivity contribution in [3.8, 4) is 0 Å². The molecule has 3 aromatic carbocycles. The van der Waals surface area contributed by atoms with Gasteiger partial charge in [-0.15, -0.1) is 0 Å². The molecule has 0 bridgehead atoms. The Labute approximate surface area is 245 Å². The quantitative estimate of drug-likeness (QED) is 0.154. The number of hydrogen-bond donors (Lipinski definition) is 1. The third-order valence-corrected chi connectivity index (χ3v) is 8.46. The maximum Gasteiger partial charge on any atom is 0.271 e. The van der Waals surface area contributed by atoms with Crippen LogP contribution in [0.5, 0.6) is 0 Å². The highest BCUT2D eigenvalue weighted by Gasteiger charge is 2.34. The monoisotopic (exact) mass is 600 g/mol. The Balaban J connectivity index is 2.06. The number of nitro benzene ring substituents is 1. The molecule has 3 aromatic rings. The van der Waals surface area contributed by atoms with E-state index in [0.717, 1.165) is 23.2 Å². The average molecular weight is 601 g/mol. The van der Waals surface area contributed by atoms with Gasteiger partial charge in [-0.1, -0.05) is 68.3 Å². The van der Waals surface area contributed by atoms with E-state index in [9.17, 15) is 28.1 Å². The van der Waals surface area contributed by atoms with Crippen LogP contribution in [0.25, 0.3) is 0 Å². The van der Waals surface area contributed by atoms with Gasteiger partial charge in [-0.3, -0.25) is 24.0 Å². The number of nitrogens with zero attached hydrogens (tertiary/aromatic N) is 3. The average Bonchev–Trinajstić information content (AvgIpc) is 2.97. The Hall–Kier alpha value is -3.96. The number of anilines is 1. The van der Waals surface area contributed by atoms with Gasteiger partial charge in [0, 0.05) is 30.2 Å². The van der Waals surface area contributed by atoms with Gasteiger partial charge in [0.2, 0.25) is 11.8 Å². The summed E-state index contributed by atoms with van der Waals surface area (Å²) < 4.78 is 28.5. The van der Waals surface area contributed by atoms with Gasteiger partial charge < -0.3 is 10.2 Å². The standard InChI is InChI=1S/C29H33ClN4O6S/c1-3-5-18-31-29(36)27(4-2)32(20-22-14-16-23(30)17-15-22)28(35)21-33(24-10-9-11-25(19-24)34(37)38)41(39,40)26-12-7-6-8-13-26/h6-17,19,27H,3-5,18,20-21H2,1-2H3,(H,31,36)/t27-/m0/s1. The number of amides is 2. The summed E-state index contributed by atoms with van der Waals surface area (Å²) >= 11 is 6.04. The van der Waals surface area contributed by atoms with Gasteiger partial charge >= 0.3 is 0 Å². The molecule has 0 aromatic heterocycles. The fraction of sp³-hybridized carbons (Fsp3) is 0.310. The molecule has 218 valence electrons. The van der Waals surface area contributed by atoms with E-state index in [2.05, 4.69) is 5.32 Å². The van der Waals surface area contributed by atoms with Crippen LogP contribution in [0.3, 0.4) is 0 Å². The van der Waals surface area contributed by atoms with Crippen LogP contribution in [-0.2, 0) is 26.2 Å². The largest absolute Gasteiger partial charge is 0.354 e.